The lowest BCUT2D eigenvalue weighted by Gasteiger charge is -2.21. The molecule has 0 spiro atoms. The molecule has 1 N–H and O–H groups in total. The summed E-state index contributed by atoms with van der Waals surface area (Å²) in [7, 11) is 0. The first-order valence-electron chi connectivity index (χ1n) is 6.32. The van der Waals surface area contributed by atoms with Gasteiger partial charge in [0, 0.05) is 24.7 Å². The fourth-order valence-corrected chi connectivity index (χ4v) is 2.65. The molecular formula is C13H21NO. The lowest BCUT2D eigenvalue weighted by molar-refractivity contribution is -0.114. The van der Waals surface area contributed by atoms with E-state index in [1.165, 1.54) is 38.5 Å². The standard InChI is InChI=1S/C13H21NO/c15-13-7-6-12(10-13)14-9-8-11-4-2-1-3-5-11/h10-11,14H,1-9H2. The number of hydrogen-bond acceptors (Lipinski definition) is 2. The van der Waals surface area contributed by atoms with Crippen LogP contribution in [-0.4, -0.2) is 12.3 Å². The first-order valence-corrected chi connectivity index (χ1v) is 6.32. The Bertz CT molecular complexity index is 251. The molecule has 0 saturated heterocycles. The van der Waals surface area contributed by atoms with Crippen molar-refractivity contribution >= 4 is 5.78 Å². The van der Waals surface area contributed by atoms with Gasteiger partial charge in [0.05, 0.1) is 0 Å². The Morgan fingerprint density at radius 1 is 1.20 bits per heavy atom. The number of carbonyl (C=O) groups excluding carboxylic acids is 1. The van der Waals surface area contributed by atoms with Gasteiger partial charge in [-0.3, -0.25) is 4.79 Å². The Hall–Kier alpha value is -0.790. The van der Waals surface area contributed by atoms with Gasteiger partial charge < -0.3 is 5.32 Å². The minimum absolute atomic E-state index is 0.287. The van der Waals surface area contributed by atoms with Gasteiger partial charge in [-0.05, 0) is 18.8 Å². The summed E-state index contributed by atoms with van der Waals surface area (Å²) in [5.74, 6) is 1.22. The average Bonchev–Trinajstić information content (AvgIpc) is 2.66. The SMILES string of the molecule is O=C1C=C(NCCC2CCCCC2)CC1. The van der Waals surface area contributed by atoms with E-state index in [9.17, 15) is 4.79 Å². The van der Waals surface area contributed by atoms with Crippen molar-refractivity contribution in [2.75, 3.05) is 6.54 Å². The fraction of sp³-hybridized carbons (Fsp3) is 0.769. The van der Waals surface area contributed by atoms with Crippen LogP contribution < -0.4 is 5.32 Å². The zero-order valence-electron chi connectivity index (χ0n) is 9.43. The minimum Gasteiger partial charge on any atom is -0.388 e. The molecule has 0 unspecified atom stereocenters. The van der Waals surface area contributed by atoms with Gasteiger partial charge >= 0.3 is 0 Å². The molecule has 0 aliphatic heterocycles. The van der Waals surface area contributed by atoms with Crippen molar-refractivity contribution in [3.05, 3.63) is 11.8 Å². The number of carbonyl (C=O) groups is 1. The van der Waals surface area contributed by atoms with E-state index in [1.54, 1.807) is 6.08 Å². The van der Waals surface area contributed by atoms with Gasteiger partial charge in [-0.2, -0.15) is 0 Å². The lowest BCUT2D eigenvalue weighted by atomic mass is 9.87. The average molecular weight is 207 g/mol. The lowest BCUT2D eigenvalue weighted by Crippen LogP contribution is -2.18. The molecule has 0 heterocycles. The van der Waals surface area contributed by atoms with Gasteiger partial charge in [0.1, 0.15) is 0 Å². The zero-order chi connectivity index (χ0) is 10.5. The van der Waals surface area contributed by atoms with Crippen molar-refractivity contribution in [1.82, 2.24) is 5.32 Å². The van der Waals surface area contributed by atoms with Gasteiger partial charge in [0.2, 0.25) is 0 Å². The Balaban J connectivity index is 1.62. The third kappa shape index (κ3) is 3.37. The van der Waals surface area contributed by atoms with Crippen LogP contribution in [0.3, 0.4) is 0 Å². The van der Waals surface area contributed by atoms with Crippen LogP contribution in [0.5, 0.6) is 0 Å². The highest BCUT2D eigenvalue weighted by Gasteiger charge is 2.14. The van der Waals surface area contributed by atoms with E-state index in [-0.39, 0.29) is 5.78 Å². The van der Waals surface area contributed by atoms with E-state index >= 15 is 0 Å². The number of nitrogens with one attached hydrogen (secondary N) is 1. The van der Waals surface area contributed by atoms with Crippen LogP contribution >= 0.6 is 0 Å². The molecule has 84 valence electrons. The summed E-state index contributed by atoms with van der Waals surface area (Å²) >= 11 is 0. The van der Waals surface area contributed by atoms with Crippen molar-refractivity contribution in [2.45, 2.75) is 51.4 Å². The van der Waals surface area contributed by atoms with E-state index in [0.717, 1.165) is 24.6 Å². The molecule has 2 aliphatic rings. The highest BCUT2D eigenvalue weighted by molar-refractivity contribution is 5.92. The third-order valence-electron chi connectivity index (χ3n) is 3.61. The Labute approximate surface area is 92.1 Å². The van der Waals surface area contributed by atoms with Crippen molar-refractivity contribution < 1.29 is 4.79 Å². The second-order valence-corrected chi connectivity index (χ2v) is 4.86. The van der Waals surface area contributed by atoms with Gasteiger partial charge in [-0.15, -0.1) is 0 Å². The van der Waals surface area contributed by atoms with E-state index in [2.05, 4.69) is 5.32 Å². The van der Waals surface area contributed by atoms with Crippen molar-refractivity contribution in [3.63, 3.8) is 0 Å². The van der Waals surface area contributed by atoms with E-state index in [4.69, 9.17) is 0 Å². The number of allylic oxidation sites excluding steroid dienone is 2. The highest BCUT2D eigenvalue weighted by Crippen LogP contribution is 2.26. The monoisotopic (exact) mass is 207 g/mol. The van der Waals surface area contributed by atoms with Gasteiger partial charge in [-0.1, -0.05) is 32.1 Å². The maximum atomic E-state index is 11.0. The van der Waals surface area contributed by atoms with Crippen LogP contribution in [0.25, 0.3) is 0 Å². The Kier molecular flexibility index (Phi) is 3.81. The summed E-state index contributed by atoms with van der Waals surface area (Å²) in [6, 6.07) is 0. The molecule has 2 nitrogen and oxygen atoms in total. The molecule has 2 heteroatoms. The molecule has 0 atom stereocenters. The predicted octanol–water partition coefficient (Wildman–Crippen LogP) is 2.79. The number of rotatable bonds is 4. The van der Waals surface area contributed by atoms with Crippen molar-refractivity contribution in [2.24, 2.45) is 5.92 Å². The molecule has 1 fully saturated rings. The molecular weight excluding hydrogens is 186 g/mol. The first-order chi connectivity index (χ1) is 7.34. The van der Waals surface area contributed by atoms with E-state index < -0.39 is 0 Å². The van der Waals surface area contributed by atoms with Crippen LogP contribution in [0, 0.1) is 5.92 Å². The molecule has 2 aliphatic carbocycles. The third-order valence-corrected chi connectivity index (χ3v) is 3.61. The van der Waals surface area contributed by atoms with Crippen LogP contribution in [-0.2, 0) is 4.79 Å². The van der Waals surface area contributed by atoms with Crippen molar-refractivity contribution in [1.29, 1.82) is 0 Å². The highest BCUT2D eigenvalue weighted by atomic mass is 16.1. The van der Waals surface area contributed by atoms with Crippen molar-refractivity contribution in [3.8, 4) is 0 Å². The molecule has 15 heavy (non-hydrogen) atoms. The number of hydrogen-bond donors (Lipinski definition) is 1. The Morgan fingerprint density at radius 3 is 2.67 bits per heavy atom. The van der Waals surface area contributed by atoms with Crippen LogP contribution in [0.2, 0.25) is 0 Å². The molecule has 0 aromatic carbocycles. The molecule has 2 rings (SSSR count). The summed E-state index contributed by atoms with van der Waals surface area (Å²) in [6.45, 7) is 1.06. The van der Waals surface area contributed by atoms with Gasteiger partial charge in [-0.25, -0.2) is 0 Å². The molecule has 1 saturated carbocycles. The summed E-state index contributed by atoms with van der Waals surface area (Å²) in [5.41, 5.74) is 1.16. The van der Waals surface area contributed by atoms with E-state index in [1.807, 2.05) is 0 Å². The Morgan fingerprint density at radius 2 is 2.00 bits per heavy atom. The maximum Gasteiger partial charge on any atom is 0.157 e. The minimum atomic E-state index is 0.287. The summed E-state index contributed by atoms with van der Waals surface area (Å²) in [5, 5.41) is 3.40. The van der Waals surface area contributed by atoms with Crippen LogP contribution in [0.4, 0.5) is 0 Å². The zero-order valence-corrected chi connectivity index (χ0v) is 9.43. The first kappa shape index (κ1) is 10.7. The summed E-state index contributed by atoms with van der Waals surface area (Å²) < 4.78 is 0. The van der Waals surface area contributed by atoms with Crippen LogP contribution in [0.15, 0.2) is 11.8 Å². The smallest absolute Gasteiger partial charge is 0.157 e. The maximum absolute atomic E-state index is 11.0. The summed E-state index contributed by atoms with van der Waals surface area (Å²) in [6.07, 6.45) is 11.8. The van der Waals surface area contributed by atoms with Gasteiger partial charge in [0.25, 0.3) is 0 Å². The van der Waals surface area contributed by atoms with Crippen LogP contribution in [0.1, 0.15) is 51.4 Å². The molecule has 0 aromatic rings. The topological polar surface area (TPSA) is 29.1 Å². The second-order valence-electron chi connectivity index (χ2n) is 4.86. The number of ketones is 1. The quantitative estimate of drug-likeness (QED) is 0.768. The molecule has 0 aromatic heterocycles. The summed E-state index contributed by atoms with van der Waals surface area (Å²) in [4.78, 5) is 11.0. The molecule has 0 amide bonds. The van der Waals surface area contributed by atoms with E-state index in [0.29, 0.717) is 6.42 Å². The second kappa shape index (κ2) is 5.34. The fourth-order valence-electron chi connectivity index (χ4n) is 2.65. The molecule has 0 radical (unpaired) electrons. The largest absolute Gasteiger partial charge is 0.388 e. The molecule has 0 bridgehead atoms. The van der Waals surface area contributed by atoms with Gasteiger partial charge in [0.15, 0.2) is 5.78 Å². The normalized spacial score (nSPS) is 22.9. The predicted molar refractivity (Wildman–Crippen MR) is 61.5 cm³/mol.